The predicted molar refractivity (Wildman–Crippen MR) is 62.3 cm³/mol. The maximum absolute atomic E-state index is 5.50. The molecule has 0 unspecified atom stereocenters. The van der Waals surface area contributed by atoms with Gasteiger partial charge in [-0.25, -0.2) is 0 Å². The van der Waals surface area contributed by atoms with Crippen LogP contribution in [0.25, 0.3) is 0 Å². The van der Waals surface area contributed by atoms with E-state index in [1.54, 1.807) is 0 Å². The third-order valence-corrected chi connectivity index (χ3v) is 2.10. The van der Waals surface area contributed by atoms with Gasteiger partial charge >= 0.3 is 0 Å². The minimum Gasteiger partial charge on any atom is -0.494 e. The molecule has 0 fully saturated rings. The van der Waals surface area contributed by atoms with Gasteiger partial charge in [-0.15, -0.1) is 12.4 Å². The Bertz CT molecular complexity index is 276. The van der Waals surface area contributed by atoms with Gasteiger partial charge in [0.15, 0.2) is 0 Å². The highest BCUT2D eigenvalue weighted by atomic mass is 35.5. The normalized spacial score (nSPS) is 9.36. The number of ether oxygens (including phenoxy) is 1. The van der Waals surface area contributed by atoms with E-state index < -0.39 is 0 Å². The summed E-state index contributed by atoms with van der Waals surface area (Å²) in [5.41, 5.74) is 7.93. The van der Waals surface area contributed by atoms with Crippen molar-refractivity contribution in [1.29, 1.82) is 0 Å². The first kappa shape index (κ1) is 13.3. The van der Waals surface area contributed by atoms with Crippen molar-refractivity contribution in [3.63, 3.8) is 0 Å². The number of halogens is 1. The van der Waals surface area contributed by atoms with Gasteiger partial charge in [0.1, 0.15) is 5.75 Å². The van der Waals surface area contributed by atoms with Crippen LogP contribution in [-0.2, 0) is 0 Å². The lowest BCUT2D eigenvalue weighted by atomic mass is 10.1. The van der Waals surface area contributed by atoms with Gasteiger partial charge in [-0.05, 0) is 50.1 Å². The molecule has 0 aromatic heterocycles. The summed E-state index contributed by atoms with van der Waals surface area (Å²) in [4.78, 5) is 0. The Hall–Kier alpha value is -0.730. The highest BCUT2D eigenvalue weighted by molar-refractivity contribution is 5.85. The zero-order valence-electron chi connectivity index (χ0n) is 8.75. The van der Waals surface area contributed by atoms with Crippen LogP contribution in [0.15, 0.2) is 18.2 Å². The van der Waals surface area contributed by atoms with E-state index in [2.05, 4.69) is 26.0 Å². The largest absolute Gasteiger partial charge is 0.494 e. The molecular formula is C11H18ClNO. The molecule has 0 aliphatic rings. The van der Waals surface area contributed by atoms with Gasteiger partial charge in [0.25, 0.3) is 0 Å². The number of hydrogen-bond donors (Lipinski definition) is 1. The van der Waals surface area contributed by atoms with Crippen molar-refractivity contribution >= 4 is 12.4 Å². The maximum atomic E-state index is 5.50. The van der Waals surface area contributed by atoms with Crippen LogP contribution in [0.3, 0.4) is 0 Å². The van der Waals surface area contributed by atoms with E-state index in [-0.39, 0.29) is 12.4 Å². The van der Waals surface area contributed by atoms with Crippen LogP contribution in [0.2, 0.25) is 0 Å². The van der Waals surface area contributed by atoms with Crippen LogP contribution in [-0.4, -0.2) is 13.2 Å². The lowest BCUT2D eigenvalue weighted by Gasteiger charge is -2.07. The molecule has 0 atom stereocenters. The van der Waals surface area contributed by atoms with Crippen molar-refractivity contribution in [3.8, 4) is 5.75 Å². The molecule has 0 saturated heterocycles. The summed E-state index contributed by atoms with van der Waals surface area (Å²) in [6.07, 6.45) is 0.910. The van der Waals surface area contributed by atoms with Crippen LogP contribution in [0.4, 0.5) is 0 Å². The van der Waals surface area contributed by atoms with Crippen LogP contribution in [0, 0.1) is 13.8 Å². The molecular weight excluding hydrogens is 198 g/mol. The number of hydrogen-bond acceptors (Lipinski definition) is 2. The second kappa shape index (κ2) is 6.68. The third kappa shape index (κ3) is 3.99. The van der Waals surface area contributed by atoms with Crippen molar-refractivity contribution in [3.05, 3.63) is 29.3 Å². The van der Waals surface area contributed by atoms with Crippen molar-refractivity contribution in [1.82, 2.24) is 0 Å². The molecule has 0 aliphatic carbocycles. The smallest absolute Gasteiger partial charge is 0.119 e. The Balaban J connectivity index is 0.00000169. The first-order valence-corrected chi connectivity index (χ1v) is 4.64. The zero-order chi connectivity index (χ0) is 9.68. The van der Waals surface area contributed by atoms with E-state index in [9.17, 15) is 0 Å². The summed E-state index contributed by atoms with van der Waals surface area (Å²) < 4.78 is 5.50. The molecule has 0 radical (unpaired) electrons. The van der Waals surface area contributed by atoms with Gasteiger partial charge in [0, 0.05) is 0 Å². The van der Waals surface area contributed by atoms with E-state index in [0.29, 0.717) is 13.2 Å². The predicted octanol–water partition coefficient (Wildman–Crippen LogP) is 2.45. The number of nitrogens with two attached hydrogens (primary N) is 1. The standard InChI is InChI=1S/C11H17NO.ClH/c1-9-4-5-11(8-10(9)2)13-7-3-6-12;/h4-5,8H,3,6-7,12H2,1-2H3;1H. The molecule has 14 heavy (non-hydrogen) atoms. The second-order valence-corrected chi connectivity index (χ2v) is 3.24. The fourth-order valence-corrected chi connectivity index (χ4v) is 1.08. The second-order valence-electron chi connectivity index (χ2n) is 3.24. The van der Waals surface area contributed by atoms with E-state index in [0.717, 1.165) is 12.2 Å². The fourth-order valence-electron chi connectivity index (χ4n) is 1.08. The molecule has 2 N–H and O–H groups in total. The first-order chi connectivity index (χ1) is 6.24. The molecule has 0 heterocycles. The van der Waals surface area contributed by atoms with Gasteiger partial charge in [-0.1, -0.05) is 6.07 Å². The van der Waals surface area contributed by atoms with Crippen LogP contribution >= 0.6 is 12.4 Å². The lowest BCUT2D eigenvalue weighted by molar-refractivity contribution is 0.313. The molecule has 0 aliphatic heterocycles. The highest BCUT2D eigenvalue weighted by Gasteiger charge is 1.96. The monoisotopic (exact) mass is 215 g/mol. The molecule has 1 aromatic carbocycles. The Morgan fingerprint density at radius 1 is 1.21 bits per heavy atom. The first-order valence-electron chi connectivity index (χ1n) is 4.64. The van der Waals surface area contributed by atoms with E-state index in [1.807, 2.05) is 6.07 Å². The average Bonchev–Trinajstić information content (AvgIpc) is 2.12. The van der Waals surface area contributed by atoms with Crippen LogP contribution < -0.4 is 10.5 Å². The molecule has 0 spiro atoms. The number of rotatable bonds is 4. The third-order valence-electron chi connectivity index (χ3n) is 2.10. The summed E-state index contributed by atoms with van der Waals surface area (Å²) in [5.74, 6) is 0.941. The molecule has 1 rings (SSSR count). The molecule has 0 bridgehead atoms. The molecule has 80 valence electrons. The summed E-state index contributed by atoms with van der Waals surface area (Å²) in [7, 11) is 0. The fraction of sp³-hybridized carbons (Fsp3) is 0.455. The van der Waals surface area contributed by atoms with Crippen molar-refractivity contribution in [2.75, 3.05) is 13.2 Å². The number of benzene rings is 1. The number of aryl methyl sites for hydroxylation is 2. The van der Waals surface area contributed by atoms with E-state index >= 15 is 0 Å². The highest BCUT2D eigenvalue weighted by Crippen LogP contribution is 2.16. The summed E-state index contributed by atoms with van der Waals surface area (Å²) in [6, 6.07) is 6.14. The van der Waals surface area contributed by atoms with Gasteiger partial charge < -0.3 is 10.5 Å². The SMILES string of the molecule is Cc1ccc(OCCCN)cc1C.Cl. The maximum Gasteiger partial charge on any atom is 0.119 e. The Kier molecular flexibility index (Phi) is 6.34. The molecule has 2 nitrogen and oxygen atoms in total. The topological polar surface area (TPSA) is 35.2 Å². The zero-order valence-corrected chi connectivity index (χ0v) is 9.56. The van der Waals surface area contributed by atoms with Crippen molar-refractivity contribution in [2.45, 2.75) is 20.3 Å². The van der Waals surface area contributed by atoms with E-state index in [1.165, 1.54) is 11.1 Å². The Morgan fingerprint density at radius 3 is 2.50 bits per heavy atom. The van der Waals surface area contributed by atoms with Gasteiger partial charge in [0.2, 0.25) is 0 Å². The summed E-state index contributed by atoms with van der Waals surface area (Å²) in [5, 5.41) is 0. The molecule has 1 aromatic rings. The minimum atomic E-state index is 0. The molecule has 0 amide bonds. The van der Waals surface area contributed by atoms with Gasteiger partial charge in [-0.2, -0.15) is 0 Å². The van der Waals surface area contributed by atoms with Gasteiger partial charge in [0.05, 0.1) is 6.61 Å². The van der Waals surface area contributed by atoms with Gasteiger partial charge in [-0.3, -0.25) is 0 Å². The Labute approximate surface area is 91.9 Å². The Morgan fingerprint density at radius 2 is 1.93 bits per heavy atom. The van der Waals surface area contributed by atoms with Crippen LogP contribution in [0.1, 0.15) is 17.5 Å². The minimum absolute atomic E-state index is 0. The molecule has 3 heteroatoms. The molecule has 0 saturated carbocycles. The van der Waals surface area contributed by atoms with Crippen molar-refractivity contribution in [2.24, 2.45) is 5.73 Å². The summed E-state index contributed by atoms with van der Waals surface area (Å²) in [6.45, 7) is 5.58. The quantitative estimate of drug-likeness (QED) is 0.784. The van der Waals surface area contributed by atoms with E-state index in [4.69, 9.17) is 10.5 Å². The lowest BCUT2D eigenvalue weighted by Crippen LogP contribution is -2.06. The van der Waals surface area contributed by atoms with Crippen molar-refractivity contribution < 1.29 is 4.74 Å². The average molecular weight is 216 g/mol. The van der Waals surface area contributed by atoms with Crippen LogP contribution in [0.5, 0.6) is 5.75 Å². The summed E-state index contributed by atoms with van der Waals surface area (Å²) >= 11 is 0.